The van der Waals surface area contributed by atoms with Crippen molar-refractivity contribution in [3.05, 3.63) is 23.3 Å². The number of aryl methyl sites for hydroxylation is 2. The molecule has 0 aliphatic carbocycles. The normalized spacial score (nSPS) is 11.9. The number of carbonyl (C=O) groups excluding carboxylic acids is 1. The first kappa shape index (κ1) is 17.3. The molecule has 0 aliphatic rings. The van der Waals surface area contributed by atoms with E-state index in [1.807, 2.05) is 20.8 Å². The number of amides is 1. The van der Waals surface area contributed by atoms with Crippen LogP contribution in [0.15, 0.2) is 6.33 Å². The summed E-state index contributed by atoms with van der Waals surface area (Å²) in [6.45, 7) is 10.1. The van der Waals surface area contributed by atoms with Crippen LogP contribution in [0.1, 0.15) is 44.1 Å². The molecule has 23 heavy (non-hydrogen) atoms. The third-order valence-electron chi connectivity index (χ3n) is 3.89. The fraction of sp³-hybridized carbons (Fsp3) is 0.625. The van der Waals surface area contributed by atoms with Crippen LogP contribution in [0.25, 0.3) is 5.78 Å². The maximum atomic E-state index is 12.4. The largest absolute Gasteiger partial charge is 0.389 e. The fourth-order valence-electron chi connectivity index (χ4n) is 2.75. The Kier molecular flexibility index (Phi) is 4.99. The lowest BCUT2D eigenvalue weighted by molar-refractivity contribution is -0.133. The molecular formula is C16H25N5O2. The summed E-state index contributed by atoms with van der Waals surface area (Å²) in [5, 5.41) is 14.1. The summed E-state index contributed by atoms with van der Waals surface area (Å²) in [5.74, 6) is 0.611. The molecule has 7 heteroatoms. The van der Waals surface area contributed by atoms with Gasteiger partial charge in [-0.1, -0.05) is 0 Å². The number of aromatic nitrogens is 4. The molecule has 0 fully saturated rings. The highest BCUT2D eigenvalue weighted by atomic mass is 16.3. The van der Waals surface area contributed by atoms with Gasteiger partial charge in [-0.3, -0.25) is 4.79 Å². The van der Waals surface area contributed by atoms with Crippen molar-refractivity contribution in [2.24, 2.45) is 0 Å². The second kappa shape index (κ2) is 6.62. The maximum absolute atomic E-state index is 12.4. The fourth-order valence-corrected chi connectivity index (χ4v) is 2.75. The van der Waals surface area contributed by atoms with E-state index in [1.54, 1.807) is 23.3 Å². The Labute approximate surface area is 136 Å². The van der Waals surface area contributed by atoms with E-state index in [2.05, 4.69) is 15.1 Å². The number of fused-ring (bicyclic) bond motifs is 1. The molecule has 0 aliphatic heterocycles. The van der Waals surface area contributed by atoms with Crippen LogP contribution in [-0.2, 0) is 11.2 Å². The SMILES string of the molecule is CCN(CC(C)(C)O)C(=O)CCc1c(C)nc2ncnn2c1C. The molecule has 2 aromatic heterocycles. The molecule has 0 unspecified atom stereocenters. The molecule has 0 bridgehead atoms. The van der Waals surface area contributed by atoms with Crippen LogP contribution in [0.4, 0.5) is 0 Å². The predicted molar refractivity (Wildman–Crippen MR) is 87.1 cm³/mol. The number of aliphatic hydroxyl groups is 1. The van der Waals surface area contributed by atoms with Crippen molar-refractivity contribution in [3.8, 4) is 0 Å². The Balaban J connectivity index is 2.12. The minimum absolute atomic E-state index is 0.0344. The monoisotopic (exact) mass is 319 g/mol. The van der Waals surface area contributed by atoms with Gasteiger partial charge in [0.2, 0.25) is 5.91 Å². The first-order valence-electron chi connectivity index (χ1n) is 7.89. The van der Waals surface area contributed by atoms with E-state index in [0.717, 1.165) is 17.0 Å². The highest BCUT2D eigenvalue weighted by Crippen LogP contribution is 2.16. The molecule has 7 nitrogen and oxygen atoms in total. The molecule has 1 N–H and O–H groups in total. The lowest BCUT2D eigenvalue weighted by Crippen LogP contribution is -2.42. The summed E-state index contributed by atoms with van der Waals surface area (Å²) in [6.07, 6.45) is 2.46. The van der Waals surface area contributed by atoms with Crippen molar-refractivity contribution in [1.82, 2.24) is 24.5 Å². The molecule has 2 rings (SSSR count). The lowest BCUT2D eigenvalue weighted by atomic mass is 10.1. The minimum atomic E-state index is -0.890. The van der Waals surface area contributed by atoms with Crippen LogP contribution >= 0.6 is 0 Å². The standard InChI is InChI=1S/C16H25N5O2/c1-6-20(9-16(4,5)23)14(22)8-7-13-11(2)19-15-17-10-18-21(15)12(13)3/h10,23H,6-9H2,1-5H3. The number of carbonyl (C=O) groups is 1. The van der Waals surface area contributed by atoms with Gasteiger partial charge in [-0.2, -0.15) is 10.1 Å². The highest BCUT2D eigenvalue weighted by Gasteiger charge is 2.21. The zero-order valence-corrected chi connectivity index (χ0v) is 14.5. The summed E-state index contributed by atoms with van der Waals surface area (Å²) in [7, 11) is 0. The van der Waals surface area contributed by atoms with E-state index >= 15 is 0 Å². The second-order valence-electron chi connectivity index (χ2n) is 6.45. The van der Waals surface area contributed by atoms with Crippen molar-refractivity contribution in [2.75, 3.05) is 13.1 Å². The minimum Gasteiger partial charge on any atom is -0.389 e. The molecule has 0 atom stereocenters. The topological polar surface area (TPSA) is 83.6 Å². The van der Waals surface area contributed by atoms with E-state index in [1.165, 1.54) is 6.33 Å². The predicted octanol–water partition coefficient (Wildman–Crippen LogP) is 1.29. The Hall–Kier alpha value is -2.02. The van der Waals surface area contributed by atoms with Crippen LogP contribution in [0.5, 0.6) is 0 Å². The van der Waals surface area contributed by atoms with Gasteiger partial charge in [0.15, 0.2) is 0 Å². The van der Waals surface area contributed by atoms with Crippen LogP contribution in [0, 0.1) is 13.8 Å². The van der Waals surface area contributed by atoms with Gasteiger partial charge < -0.3 is 10.0 Å². The van der Waals surface area contributed by atoms with Gasteiger partial charge in [0.05, 0.1) is 5.60 Å². The van der Waals surface area contributed by atoms with E-state index in [0.29, 0.717) is 31.7 Å². The number of hydrogen-bond acceptors (Lipinski definition) is 5. The molecule has 0 saturated carbocycles. The van der Waals surface area contributed by atoms with Crippen LogP contribution in [0.2, 0.25) is 0 Å². The summed E-state index contributed by atoms with van der Waals surface area (Å²) in [5.41, 5.74) is 1.97. The van der Waals surface area contributed by atoms with E-state index in [9.17, 15) is 9.90 Å². The Morgan fingerprint density at radius 1 is 1.39 bits per heavy atom. The van der Waals surface area contributed by atoms with Gasteiger partial charge in [-0.05, 0) is 46.6 Å². The molecule has 0 spiro atoms. The van der Waals surface area contributed by atoms with E-state index in [-0.39, 0.29) is 5.91 Å². The van der Waals surface area contributed by atoms with Gasteiger partial charge in [-0.15, -0.1) is 0 Å². The summed E-state index contributed by atoms with van der Waals surface area (Å²) in [6, 6.07) is 0. The Morgan fingerprint density at radius 3 is 2.70 bits per heavy atom. The zero-order valence-electron chi connectivity index (χ0n) is 14.5. The van der Waals surface area contributed by atoms with Gasteiger partial charge in [0, 0.05) is 30.9 Å². The van der Waals surface area contributed by atoms with Gasteiger partial charge in [0.1, 0.15) is 6.33 Å². The number of nitrogens with zero attached hydrogens (tertiary/aromatic N) is 5. The first-order valence-corrected chi connectivity index (χ1v) is 7.89. The number of hydrogen-bond donors (Lipinski definition) is 1. The van der Waals surface area contributed by atoms with Crippen LogP contribution in [0.3, 0.4) is 0 Å². The van der Waals surface area contributed by atoms with Crippen molar-refractivity contribution in [2.45, 2.75) is 53.1 Å². The van der Waals surface area contributed by atoms with Crippen molar-refractivity contribution < 1.29 is 9.90 Å². The lowest BCUT2D eigenvalue weighted by Gasteiger charge is -2.28. The van der Waals surface area contributed by atoms with Crippen LogP contribution < -0.4 is 0 Å². The maximum Gasteiger partial charge on any atom is 0.252 e. The molecule has 1 amide bonds. The zero-order chi connectivity index (χ0) is 17.2. The van der Waals surface area contributed by atoms with Crippen LogP contribution in [-0.4, -0.2) is 54.2 Å². The molecule has 0 aromatic carbocycles. The summed E-state index contributed by atoms with van der Waals surface area (Å²) < 4.78 is 1.70. The third kappa shape index (κ3) is 4.04. The van der Waals surface area contributed by atoms with Gasteiger partial charge in [0.25, 0.3) is 5.78 Å². The molecule has 0 radical (unpaired) electrons. The molecular weight excluding hydrogens is 294 g/mol. The first-order chi connectivity index (χ1) is 10.7. The molecule has 0 saturated heterocycles. The number of rotatable bonds is 6. The molecule has 2 heterocycles. The van der Waals surface area contributed by atoms with Crippen molar-refractivity contribution in [1.29, 1.82) is 0 Å². The highest BCUT2D eigenvalue weighted by molar-refractivity contribution is 5.76. The van der Waals surface area contributed by atoms with E-state index < -0.39 is 5.60 Å². The van der Waals surface area contributed by atoms with Gasteiger partial charge in [-0.25, -0.2) is 9.50 Å². The Bertz CT molecular complexity index is 702. The van der Waals surface area contributed by atoms with E-state index in [4.69, 9.17) is 0 Å². The van der Waals surface area contributed by atoms with Crippen molar-refractivity contribution in [3.63, 3.8) is 0 Å². The second-order valence-corrected chi connectivity index (χ2v) is 6.45. The third-order valence-corrected chi connectivity index (χ3v) is 3.89. The smallest absolute Gasteiger partial charge is 0.252 e. The number of likely N-dealkylation sites (N-methyl/N-ethyl adjacent to an activating group) is 1. The Morgan fingerprint density at radius 2 is 2.09 bits per heavy atom. The average molecular weight is 319 g/mol. The quantitative estimate of drug-likeness (QED) is 0.867. The summed E-state index contributed by atoms with van der Waals surface area (Å²) in [4.78, 5) is 22.6. The molecule has 126 valence electrons. The average Bonchev–Trinajstić information content (AvgIpc) is 2.91. The summed E-state index contributed by atoms with van der Waals surface area (Å²) >= 11 is 0. The molecule has 2 aromatic rings. The van der Waals surface area contributed by atoms with Crippen molar-refractivity contribution >= 4 is 11.7 Å². The van der Waals surface area contributed by atoms with Gasteiger partial charge >= 0.3 is 0 Å².